The number of halogens is 1. The topological polar surface area (TPSA) is 8.17 Å². The summed E-state index contributed by atoms with van der Waals surface area (Å²) in [6, 6.07) is 15.8. The zero-order chi connectivity index (χ0) is 20.0. The van der Waals surface area contributed by atoms with Crippen molar-refractivity contribution in [1.29, 1.82) is 0 Å². The second-order valence-corrected chi connectivity index (χ2v) is 9.32. The SMILES string of the molecule is CC(C)n1cc(C2=CCN(CC3CCc4ccccc43)CC2)c2ccc(Cl)cc21. The Bertz CT molecular complexity index is 1080. The van der Waals surface area contributed by atoms with E-state index in [9.17, 15) is 0 Å². The van der Waals surface area contributed by atoms with Gasteiger partial charge < -0.3 is 4.57 Å². The first-order valence-electron chi connectivity index (χ1n) is 10.9. The molecule has 1 atom stereocenters. The molecule has 0 N–H and O–H groups in total. The Labute approximate surface area is 178 Å². The van der Waals surface area contributed by atoms with Gasteiger partial charge in [0.15, 0.2) is 0 Å². The lowest BCUT2D eigenvalue weighted by Gasteiger charge is -2.29. The molecule has 1 aliphatic carbocycles. The van der Waals surface area contributed by atoms with E-state index in [0.717, 1.165) is 24.5 Å². The number of hydrogen-bond donors (Lipinski definition) is 0. The van der Waals surface area contributed by atoms with E-state index in [2.05, 4.69) is 72.0 Å². The Morgan fingerprint density at radius 1 is 1.10 bits per heavy atom. The van der Waals surface area contributed by atoms with Crippen molar-refractivity contribution in [3.05, 3.63) is 76.5 Å². The van der Waals surface area contributed by atoms with Gasteiger partial charge in [0.25, 0.3) is 0 Å². The average Bonchev–Trinajstić information content (AvgIpc) is 3.30. The molecule has 1 aromatic heterocycles. The van der Waals surface area contributed by atoms with Crippen LogP contribution in [0.5, 0.6) is 0 Å². The Morgan fingerprint density at radius 3 is 2.76 bits per heavy atom. The largest absolute Gasteiger partial charge is 0.344 e. The summed E-state index contributed by atoms with van der Waals surface area (Å²) in [5, 5.41) is 2.14. The van der Waals surface area contributed by atoms with Crippen molar-refractivity contribution in [3.63, 3.8) is 0 Å². The fraction of sp³-hybridized carbons (Fsp3) is 0.385. The van der Waals surface area contributed by atoms with Gasteiger partial charge in [-0.25, -0.2) is 0 Å². The standard InChI is InChI=1S/C26H29ClN2/c1-18(2)29-17-25(24-10-9-22(27)15-26(24)29)20-11-13-28(14-12-20)16-21-8-7-19-5-3-4-6-23(19)21/h3-6,9-11,15,17-18,21H,7-8,12-14,16H2,1-2H3. The maximum Gasteiger partial charge on any atom is 0.0503 e. The van der Waals surface area contributed by atoms with Crippen LogP contribution in [-0.4, -0.2) is 29.1 Å². The first-order valence-corrected chi connectivity index (χ1v) is 11.3. The van der Waals surface area contributed by atoms with Crippen LogP contribution in [-0.2, 0) is 6.42 Å². The molecule has 0 saturated heterocycles. The summed E-state index contributed by atoms with van der Waals surface area (Å²) in [4.78, 5) is 2.63. The van der Waals surface area contributed by atoms with E-state index in [1.165, 1.54) is 41.4 Å². The Kier molecular flexibility index (Phi) is 5.01. The van der Waals surface area contributed by atoms with Gasteiger partial charge in [-0.1, -0.05) is 48.0 Å². The minimum atomic E-state index is 0.424. The molecule has 3 aromatic rings. The predicted molar refractivity (Wildman–Crippen MR) is 124 cm³/mol. The van der Waals surface area contributed by atoms with Gasteiger partial charge in [-0.2, -0.15) is 0 Å². The number of aryl methyl sites for hydroxylation is 1. The molecule has 2 aliphatic rings. The van der Waals surface area contributed by atoms with Crippen molar-refractivity contribution >= 4 is 28.1 Å². The molecule has 2 heterocycles. The molecule has 0 saturated carbocycles. The first kappa shape index (κ1) is 19.0. The number of rotatable bonds is 4. The van der Waals surface area contributed by atoms with Crippen LogP contribution in [0.4, 0.5) is 0 Å². The Hall–Kier alpha value is -2.03. The van der Waals surface area contributed by atoms with Gasteiger partial charge in [0, 0.05) is 47.8 Å². The highest BCUT2D eigenvalue weighted by Gasteiger charge is 2.25. The van der Waals surface area contributed by atoms with Gasteiger partial charge in [0.2, 0.25) is 0 Å². The molecule has 3 heteroatoms. The van der Waals surface area contributed by atoms with Crippen molar-refractivity contribution in [3.8, 4) is 0 Å². The van der Waals surface area contributed by atoms with E-state index in [1.54, 1.807) is 11.1 Å². The summed E-state index contributed by atoms with van der Waals surface area (Å²) in [6.07, 6.45) is 8.45. The smallest absolute Gasteiger partial charge is 0.0503 e. The first-order chi connectivity index (χ1) is 14.1. The summed E-state index contributed by atoms with van der Waals surface area (Å²) in [5.41, 5.74) is 7.26. The summed E-state index contributed by atoms with van der Waals surface area (Å²) in [6.45, 7) is 7.85. The minimum Gasteiger partial charge on any atom is -0.344 e. The van der Waals surface area contributed by atoms with Crippen molar-refractivity contribution in [2.75, 3.05) is 19.6 Å². The van der Waals surface area contributed by atoms with Gasteiger partial charge in [0.1, 0.15) is 0 Å². The monoisotopic (exact) mass is 404 g/mol. The third-order valence-electron chi connectivity index (χ3n) is 6.73. The zero-order valence-electron chi connectivity index (χ0n) is 17.4. The van der Waals surface area contributed by atoms with E-state index >= 15 is 0 Å². The maximum absolute atomic E-state index is 6.29. The average molecular weight is 405 g/mol. The highest BCUT2D eigenvalue weighted by molar-refractivity contribution is 6.31. The molecule has 5 rings (SSSR count). The van der Waals surface area contributed by atoms with Gasteiger partial charge >= 0.3 is 0 Å². The maximum atomic E-state index is 6.29. The lowest BCUT2D eigenvalue weighted by Crippen LogP contribution is -2.32. The van der Waals surface area contributed by atoms with Gasteiger partial charge in [-0.05, 0) is 67.9 Å². The van der Waals surface area contributed by atoms with Crippen LogP contribution >= 0.6 is 11.6 Å². The highest BCUT2D eigenvalue weighted by Crippen LogP contribution is 2.36. The molecule has 1 aliphatic heterocycles. The molecular formula is C26H29ClN2. The molecule has 2 nitrogen and oxygen atoms in total. The molecular weight excluding hydrogens is 376 g/mol. The van der Waals surface area contributed by atoms with E-state index < -0.39 is 0 Å². The third-order valence-corrected chi connectivity index (χ3v) is 6.96. The summed E-state index contributed by atoms with van der Waals surface area (Å²) in [5.74, 6) is 0.700. The summed E-state index contributed by atoms with van der Waals surface area (Å²) < 4.78 is 2.36. The molecule has 0 radical (unpaired) electrons. The lowest BCUT2D eigenvalue weighted by atomic mass is 9.96. The minimum absolute atomic E-state index is 0.424. The molecule has 1 unspecified atom stereocenters. The second-order valence-electron chi connectivity index (χ2n) is 8.88. The Balaban J connectivity index is 1.36. The van der Waals surface area contributed by atoms with Gasteiger partial charge in [0.05, 0.1) is 5.52 Å². The molecule has 0 fully saturated rings. The quantitative estimate of drug-likeness (QED) is 0.470. The van der Waals surface area contributed by atoms with Crippen LogP contribution in [0.3, 0.4) is 0 Å². The number of hydrogen-bond acceptors (Lipinski definition) is 1. The number of nitrogens with zero attached hydrogens (tertiary/aromatic N) is 2. The van der Waals surface area contributed by atoms with Crippen molar-refractivity contribution < 1.29 is 0 Å². The summed E-state index contributed by atoms with van der Waals surface area (Å²) in [7, 11) is 0. The van der Waals surface area contributed by atoms with Gasteiger partial charge in [-0.15, -0.1) is 0 Å². The van der Waals surface area contributed by atoms with E-state index in [4.69, 9.17) is 11.6 Å². The van der Waals surface area contributed by atoms with Crippen LogP contribution in [0.2, 0.25) is 5.02 Å². The zero-order valence-corrected chi connectivity index (χ0v) is 18.1. The Morgan fingerprint density at radius 2 is 1.97 bits per heavy atom. The normalized spacial score (nSPS) is 19.7. The van der Waals surface area contributed by atoms with E-state index in [-0.39, 0.29) is 0 Å². The third kappa shape index (κ3) is 3.53. The van der Waals surface area contributed by atoms with Crippen LogP contribution < -0.4 is 0 Å². The second kappa shape index (κ2) is 7.66. The fourth-order valence-electron chi connectivity index (χ4n) is 5.18. The lowest BCUT2D eigenvalue weighted by molar-refractivity contribution is 0.281. The van der Waals surface area contributed by atoms with Crippen molar-refractivity contribution in [1.82, 2.24) is 9.47 Å². The van der Waals surface area contributed by atoms with E-state index in [1.807, 2.05) is 6.07 Å². The molecule has 29 heavy (non-hydrogen) atoms. The molecule has 0 amide bonds. The van der Waals surface area contributed by atoms with Crippen LogP contribution in [0.15, 0.2) is 54.7 Å². The molecule has 150 valence electrons. The molecule has 0 spiro atoms. The fourth-order valence-corrected chi connectivity index (χ4v) is 5.34. The predicted octanol–water partition coefficient (Wildman–Crippen LogP) is 6.69. The molecule has 2 aromatic carbocycles. The van der Waals surface area contributed by atoms with Crippen LogP contribution in [0.1, 0.15) is 55.3 Å². The number of fused-ring (bicyclic) bond motifs is 2. The van der Waals surface area contributed by atoms with Gasteiger partial charge in [-0.3, -0.25) is 4.90 Å². The summed E-state index contributed by atoms with van der Waals surface area (Å²) >= 11 is 6.29. The number of aromatic nitrogens is 1. The highest BCUT2D eigenvalue weighted by atomic mass is 35.5. The van der Waals surface area contributed by atoms with Crippen molar-refractivity contribution in [2.24, 2.45) is 0 Å². The number of benzene rings is 2. The van der Waals surface area contributed by atoms with Crippen LogP contribution in [0, 0.1) is 0 Å². The van der Waals surface area contributed by atoms with Crippen LogP contribution in [0.25, 0.3) is 16.5 Å². The van der Waals surface area contributed by atoms with E-state index in [0.29, 0.717) is 12.0 Å². The van der Waals surface area contributed by atoms with Crippen molar-refractivity contribution in [2.45, 2.75) is 45.1 Å². The molecule has 0 bridgehead atoms.